The van der Waals surface area contributed by atoms with Gasteiger partial charge in [0.15, 0.2) is 11.5 Å². The molecule has 0 saturated heterocycles. The Bertz CT molecular complexity index is 703. The lowest BCUT2D eigenvalue weighted by Crippen LogP contribution is -2.28. The third-order valence-electron chi connectivity index (χ3n) is 4.32. The molecule has 2 nitrogen and oxygen atoms in total. The second-order valence-electron chi connectivity index (χ2n) is 6.20. The van der Waals surface area contributed by atoms with Gasteiger partial charge >= 0.3 is 0 Å². The maximum absolute atomic E-state index is 6.25. The first kappa shape index (κ1) is 15.3. The first-order chi connectivity index (χ1) is 11.9. The Hall–Kier alpha value is -2.26. The molecule has 2 unspecified atom stereocenters. The number of rotatable bonds is 4. The number of hydrogen-bond acceptors (Lipinski definition) is 3. The summed E-state index contributed by atoms with van der Waals surface area (Å²) in [5.74, 6) is 1.77. The van der Waals surface area contributed by atoms with Gasteiger partial charge in [-0.2, -0.15) is 0 Å². The van der Waals surface area contributed by atoms with Crippen LogP contribution in [-0.4, -0.2) is 12.2 Å². The van der Waals surface area contributed by atoms with E-state index in [9.17, 15) is 0 Å². The summed E-state index contributed by atoms with van der Waals surface area (Å²) in [4.78, 5) is 0. The molecule has 1 aliphatic rings. The van der Waals surface area contributed by atoms with E-state index in [0.717, 1.165) is 30.8 Å². The molecule has 3 aromatic rings. The fraction of sp³-hybridized carbons (Fsp3) is 0.238. The molecule has 0 amide bonds. The van der Waals surface area contributed by atoms with Crippen molar-refractivity contribution in [3.05, 3.63) is 82.6 Å². The van der Waals surface area contributed by atoms with Crippen molar-refractivity contribution in [2.45, 2.75) is 31.5 Å². The van der Waals surface area contributed by atoms with Crippen LogP contribution in [0.3, 0.4) is 0 Å². The van der Waals surface area contributed by atoms with Crippen molar-refractivity contribution < 1.29 is 9.47 Å². The Balaban J connectivity index is 1.54. The van der Waals surface area contributed by atoms with Gasteiger partial charge in [-0.15, -0.1) is 11.3 Å². The molecule has 0 aliphatic carbocycles. The van der Waals surface area contributed by atoms with Gasteiger partial charge in [0.1, 0.15) is 12.2 Å². The molecule has 24 heavy (non-hydrogen) atoms. The predicted octanol–water partition coefficient (Wildman–Crippen LogP) is 5.13. The van der Waals surface area contributed by atoms with Gasteiger partial charge in [-0.1, -0.05) is 60.7 Å². The van der Waals surface area contributed by atoms with Gasteiger partial charge in [0.05, 0.1) is 0 Å². The van der Waals surface area contributed by atoms with Crippen LogP contribution in [0.25, 0.3) is 0 Å². The van der Waals surface area contributed by atoms with Crippen molar-refractivity contribution in [3.63, 3.8) is 0 Å². The molecule has 0 bridgehead atoms. The van der Waals surface area contributed by atoms with E-state index in [1.54, 1.807) is 11.3 Å². The van der Waals surface area contributed by atoms with Crippen LogP contribution in [0.2, 0.25) is 0 Å². The van der Waals surface area contributed by atoms with Crippen molar-refractivity contribution in [3.8, 4) is 11.5 Å². The molecule has 4 rings (SSSR count). The highest BCUT2D eigenvalue weighted by Crippen LogP contribution is 2.37. The van der Waals surface area contributed by atoms with Gasteiger partial charge < -0.3 is 9.47 Å². The minimum Gasteiger partial charge on any atom is -0.485 e. The first-order valence-corrected chi connectivity index (χ1v) is 9.28. The third kappa shape index (κ3) is 3.62. The molecule has 0 radical (unpaired) electrons. The zero-order chi connectivity index (χ0) is 16.2. The first-order valence-electron chi connectivity index (χ1n) is 8.34. The van der Waals surface area contributed by atoms with Crippen molar-refractivity contribution >= 4 is 11.3 Å². The van der Waals surface area contributed by atoms with E-state index in [4.69, 9.17) is 9.47 Å². The molecule has 2 aromatic carbocycles. The zero-order valence-corrected chi connectivity index (χ0v) is 14.2. The summed E-state index contributed by atoms with van der Waals surface area (Å²) in [5.41, 5.74) is 2.61. The fourth-order valence-electron chi connectivity index (χ4n) is 3.20. The van der Waals surface area contributed by atoms with Crippen molar-refractivity contribution in [2.24, 2.45) is 0 Å². The Morgan fingerprint density at radius 3 is 1.62 bits per heavy atom. The maximum atomic E-state index is 6.25. The molecule has 1 aliphatic heterocycles. The standard InChI is InChI=1S/C21H20O2S/c1-3-7-16(8-4-1)11-18-13-19(12-17-9-5-2-6-10-17)23-21-15-24-14-20(21)22-18/h1-10,14-15,18-19H,11-13H2. The summed E-state index contributed by atoms with van der Waals surface area (Å²) in [6, 6.07) is 21.1. The maximum Gasteiger partial charge on any atom is 0.172 e. The van der Waals surface area contributed by atoms with Crippen molar-refractivity contribution in [1.82, 2.24) is 0 Å². The SMILES string of the molecule is c1ccc(CC2CC(Cc3ccccc3)Oc3cscc3O2)cc1. The molecular formula is C21H20O2S. The Morgan fingerprint density at radius 1 is 0.708 bits per heavy atom. The van der Waals surface area contributed by atoms with Crippen LogP contribution in [0.1, 0.15) is 17.5 Å². The van der Waals surface area contributed by atoms with Crippen LogP contribution in [0, 0.1) is 0 Å². The van der Waals surface area contributed by atoms with E-state index < -0.39 is 0 Å². The van der Waals surface area contributed by atoms with Crippen molar-refractivity contribution in [1.29, 1.82) is 0 Å². The molecule has 2 heterocycles. The number of ether oxygens (including phenoxy) is 2. The van der Waals surface area contributed by atoms with Gasteiger partial charge in [0, 0.05) is 30.0 Å². The van der Waals surface area contributed by atoms with Gasteiger partial charge in [-0.25, -0.2) is 0 Å². The van der Waals surface area contributed by atoms with Crippen LogP contribution in [0.15, 0.2) is 71.4 Å². The average Bonchev–Trinajstić information content (AvgIpc) is 2.96. The summed E-state index contributed by atoms with van der Waals surface area (Å²) in [6.45, 7) is 0. The quantitative estimate of drug-likeness (QED) is 0.657. The Morgan fingerprint density at radius 2 is 1.17 bits per heavy atom. The monoisotopic (exact) mass is 336 g/mol. The van der Waals surface area contributed by atoms with Gasteiger partial charge in [0.2, 0.25) is 0 Å². The lowest BCUT2D eigenvalue weighted by Gasteiger charge is -2.20. The smallest absolute Gasteiger partial charge is 0.172 e. The molecule has 0 fully saturated rings. The van der Waals surface area contributed by atoms with Gasteiger partial charge in [-0.3, -0.25) is 0 Å². The molecule has 0 spiro atoms. The van der Waals surface area contributed by atoms with Gasteiger partial charge in [-0.05, 0) is 11.1 Å². The number of hydrogen-bond donors (Lipinski definition) is 0. The van der Waals surface area contributed by atoms with Crippen LogP contribution in [0.4, 0.5) is 0 Å². The molecule has 3 heteroatoms. The third-order valence-corrected chi connectivity index (χ3v) is 5.02. The normalized spacial score (nSPS) is 19.7. The lowest BCUT2D eigenvalue weighted by atomic mass is 9.99. The highest BCUT2D eigenvalue weighted by Gasteiger charge is 2.26. The van der Waals surface area contributed by atoms with Crippen LogP contribution >= 0.6 is 11.3 Å². The van der Waals surface area contributed by atoms with E-state index in [2.05, 4.69) is 60.7 Å². The topological polar surface area (TPSA) is 18.5 Å². The predicted molar refractivity (Wildman–Crippen MR) is 98.1 cm³/mol. The lowest BCUT2D eigenvalue weighted by molar-refractivity contribution is 0.145. The van der Waals surface area contributed by atoms with Crippen LogP contribution < -0.4 is 9.47 Å². The fourth-order valence-corrected chi connectivity index (χ4v) is 3.86. The van der Waals surface area contributed by atoms with E-state index in [-0.39, 0.29) is 12.2 Å². The molecule has 1 aromatic heterocycles. The van der Waals surface area contributed by atoms with Crippen LogP contribution in [0.5, 0.6) is 11.5 Å². The number of benzene rings is 2. The van der Waals surface area contributed by atoms with E-state index >= 15 is 0 Å². The molecule has 122 valence electrons. The highest BCUT2D eigenvalue weighted by molar-refractivity contribution is 7.08. The Labute approximate surface area is 146 Å². The average molecular weight is 336 g/mol. The zero-order valence-electron chi connectivity index (χ0n) is 13.4. The number of thiophene rings is 1. The number of fused-ring (bicyclic) bond motifs is 1. The summed E-state index contributed by atoms with van der Waals surface area (Å²) in [5, 5.41) is 4.08. The summed E-state index contributed by atoms with van der Waals surface area (Å²) < 4.78 is 12.5. The van der Waals surface area contributed by atoms with E-state index in [1.807, 2.05) is 10.8 Å². The largest absolute Gasteiger partial charge is 0.485 e. The van der Waals surface area contributed by atoms with E-state index in [0.29, 0.717) is 0 Å². The second-order valence-corrected chi connectivity index (χ2v) is 6.94. The summed E-state index contributed by atoms with van der Waals surface area (Å²) in [6.07, 6.45) is 2.98. The van der Waals surface area contributed by atoms with Gasteiger partial charge in [0.25, 0.3) is 0 Å². The molecular weight excluding hydrogens is 316 g/mol. The highest BCUT2D eigenvalue weighted by atomic mass is 32.1. The Kier molecular flexibility index (Phi) is 4.52. The molecule has 0 N–H and O–H groups in total. The minimum absolute atomic E-state index is 0.136. The van der Waals surface area contributed by atoms with Crippen molar-refractivity contribution in [2.75, 3.05) is 0 Å². The van der Waals surface area contributed by atoms with Crippen LogP contribution in [-0.2, 0) is 12.8 Å². The summed E-state index contributed by atoms with van der Waals surface area (Å²) in [7, 11) is 0. The summed E-state index contributed by atoms with van der Waals surface area (Å²) >= 11 is 1.63. The molecule has 2 atom stereocenters. The van der Waals surface area contributed by atoms with E-state index in [1.165, 1.54) is 11.1 Å². The molecule has 0 saturated carbocycles. The minimum atomic E-state index is 0.136. The second kappa shape index (κ2) is 7.10.